The molecule has 1 N–H and O–H groups in total. The van der Waals surface area contributed by atoms with E-state index in [0.29, 0.717) is 13.1 Å². The van der Waals surface area contributed by atoms with Crippen molar-refractivity contribution < 1.29 is 9.53 Å². The summed E-state index contributed by atoms with van der Waals surface area (Å²) in [5.41, 5.74) is 5.18. The van der Waals surface area contributed by atoms with Gasteiger partial charge in [0, 0.05) is 61.5 Å². The maximum absolute atomic E-state index is 13.0. The lowest BCUT2D eigenvalue weighted by Crippen LogP contribution is -2.35. The summed E-state index contributed by atoms with van der Waals surface area (Å²) in [7, 11) is 5.65. The Morgan fingerprint density at radius 1 is 1.19 bits per heavy atom. The SMILES string of the molecule is COc1cccc2c3c([nH]c12)CCN(C(=O)c1cccc(N(C)C)c1)C3. The third kappa shape index (κ3) is 2.69. The summed E-state index contributed by atoms with van der Waals surface area (Å²) >= 11 is 0. The van der Waals surface area contributed by atoms with Crippen LogP contribution in [0.15, 0.2) is 42.5 Å². The first-order chi connectivity index (χ1) is 12.6. The number of hydrogen-bond acceptors (Lipinski definition) is 3. The number of hydrogen-bond donors (Lipinski definition) is 1. The number of anilines is 1. The molecule has 0 saturated heterocycles. The molecule has 0 saturated carbocycles. The van der Waals surface area contributed by atoms with Crippen LogP contribution in [0.5, 0.6) is 5.75 Å². The van der Waals surface area contributed by atoms with Gasteiger partial charge in [-0.2, -0.15) is 0 Å². The largest absolute Gasteiger partial charge is 0.495 e. The number of nitrogens with zero attached hydrogens (tertiary/aromatic N) is 2. The van der Waals surface area contributed by atoms with Crippen molar-refractivity contribution in [2.24, 2.45) is 0 Å². The van der Waals surface area contributed by atoms with Gasteiger partial charge >= 0.3 is 0 Å². The Morgan fingerprint density at radius 3 is 2.77 bits per heavy atom. The number of para-hydroxylation sites is 1. The van der Waals surface area contributed by atoms with E-state index in [1.165, 1.54) is 11.3 Å². The second-order valence-corrected chi connectivity index (χ2v) is 6.89. The molecular formula is C21H23N3O2. The first kappa shape index (κ1) is 16.5. The molecule has 4 rings (SSSR count). The van der Waals surface area contributed by atoms with Gasteiger partial charge in [-0.1, -0.05) is 18.2 Å². The molecule has 0 unspecified atom stereocenters. The quantitative estimate of drug-likeness (QED) is 0.788. The highest BCUT2D eigenvalue weighted by atomic mass is 16.5. The van der Waals surface area contributed by atoms with E-state index >= 15 is 0 Å². The molecule has 0 aliphatic carbocycles. The van der Waals surface area contributed by atoms with Crippen molar-refractivity contribution in [1.82, 2.24) is 9.88 Å². The molecule has 2 heterocycles. The summed E-state index contributed by atoms with van der Waals surface area (Å²) in [4.78, 5) is 20.5. The van der Waals surface area contributed by atoms with Crippen LogP contribution in [-0.4, -0.2) is 43.5 Å². The number of ether oxygens (including phenoxy) is 1. The molecule has 0 radical (unpaired) electrons. The molecule has 0 atom stereocenters. The molecule has 1 aromatic heterocycles. The number of nitrogens with one attached hydrogen (secondary N) is 1. The number of H-pyrrole nitrogens is 1. The van der Waals surface area contributed by atoms with Gasteiger partial charge in [0.15, 0.2) is 0 Å². The molecule has 2 aromatic carbocycles. The monoisotopic (exact) mass is 349 g/mol. The van der Waals surface area contributed by atoms with Crippen LogP contribution in [0.2, 0.25) is 0 Å². The predicted molar refractivity (Wildman–Crippen MR) is 104 cm³/mol. The van der Waals surface area contributed by atoms with Crippen LogP contribution in [0.1, 0.15) is 21.6 Å². The second-order valence-electron chi connectivity index (χ2n) is 6.89. The van der Waals surface area contributed by atoms with Crippen LogP contribution < -0.4 is 9.64 Å². The van der Waals surface area contributed by atoms with Crippen LogP contribution in [-0.2, 0) is 13.0 Å². The van der Waals surface area contributed by atoms with Gasteiger partial charge in [-0.15, -0.1) is 0 Å². The van der Waals surface area contributed by atoms with Gasteiger partial charge in [0.05, 0.1) is 12.6 Å². The van der Waals surface area contributed by atoms with E-state index < -0.39 is 0 Å². The van der Waals surface area contributed by atoms with Crippen LogP contribution in [0.4, 0.5) is 5.69 Å². The van der Waals surface area contributed by atoms with Crippen molar-refractivity contribution in [3.63, 3.8) is 0 Å². The fourth-order valence-corrected chi connectivity index (χ4v) is 3.65. The zero-order chi connectivity index (χ0) is 18.3. The first-order valence-electron chi connectivity index (χ1n) is 8.81. The van der Waals surface area contributed by atoms with E-state index in [1.807, 2.05) is 60.3 Å². The van der Waals surface area contributed by atoms with E-state index in [1.54, 1.807) is 7.11 Å². The summed E-state index contributed by atoms with van der Waals surface area (Å²) in [5, 5.41) is 1.14. The van der Waals surface area contributed by atoms with Crippen molar-refractivity contribution in [1.29, 1.82) is 0 Å². The van der Waals surface area contributed by atoms with Crippen LogP contribution >= 0.6 is 0 Å². The zero-order valence-corrected chi connectivity index (χ0v) is 15.4. The minimum Gasteiger partial charge on any atom is -0.495 e. The molecule has 26 heavy (non-hydrogen) atoms. The van der Waals surface area contributed by atoms with Crippen molar-refractivity contribution >= 4 is 22.5 Å². The maximum Gasteiger partial charge on any atom is 0.254 e. The molecule has 134 valence electrons. The fraction of sp³-hybridized carbons (Fsp3) is 0.286. The highest BCUT2D eigenvalue weighted by Crippen LogP contribution is 2.33. The van der Waals surface area contributed by atoms with Gasteiger partial charge in [-0.3, -0.25) is 4.79 Å². The lowest BCUT2D eigenvalue weighted by molar-refractivity contribution is 0.0735. The Kier molecular flexibility index (Phi) is 4.07. The van der Waals surface area contributed by atoms with E-state index in [0.717, 1.165) is 34.3 Å². The van der Waals surface area contributed by atoms with Crippen LogP contribution in [0.25, 0.3) is 10.9 Å². The van der Waals surface area contributed by atoms with Crippen molar-refractivity contribution in [2.45, 2.75) is 13.0 Å². The highest BCUT2D eigenvalue weighted by Gasteiger charge is 2.25. The summed E-state index contributed by atoms with van der Waals surface area (Å²) in [5.74, 6) is 0.921. The first-order valence-corrected chi connectivity index (χ1v) is 8.81. The van der Waals surface area contributed by atoms with Crippen LogP contribution in [0.3, 0.4) is 0 Å². The molecule has 1 aliphatic heterocycles. The smallest absolute Gasteiger partial charge is 0.254 e. The fourth-order valence-electron chi connectivity index (χ4n) is 3.65. The Bertz CT molecular complexity index is 975. The lowest BCUT2D eigenvalue weighted by Gasteiger charge is -2.27. The minimum atomic E-state index is 0.0802. The Hall–Kier alpha value is -2.95. The normalized spacial score (nSPS) is 13.6. The van der Waals surface area contributed by atoms with E-state index in [9.17, 15) is 4.79 Å². The third-order valence-electron chi connectivity index (χ3n) is 5.09. The number of methoxy groups -OCH3 is 1. The second kappa shape index (κ2) is 6.41. The summed E-state index contributed by atoms with van der Waals surface area (Å²) in [6, 6.07) is 13.8. The maximum atomic E-state index is 13.0. The van der Waals surface area contributed by atoms with Gasteiger partial charge in [0.1, 0.15) is 5.75 Å². The predicted octanol–water partition coefficient (Wildman–Crippen LogP) is 3.44. The lowest BCUT2D eigenvalue weighted by atomic mass is 10.0. The molecule has 5 heteroatoms. The molecule has 1 aliphatic rings. The summed E-state index contributed by atoms with van der Waals surface area (Å²) in [6.07, 6.45) is 0.826. The molecule has 0 spiro atoms. The average molecular weight is 349 g/mol. The number of benzene rings is 2. The van der Waals surface area contributed by atoms with Crippen molar-refractivity contribution in [3.05, 3.63) is 59.3 Å². The van der Waals surface area contributed by atoms with Gasteiger partial charge in [0.2, 0.25) is 0 Å². The Labute approximate surface area is 153 Å². The van der Waals surface area contributed by atoms with Crippen molar-refractivity contribution in [2.75, 3.05) is 32.6 Å². The van der Waals surface area contributed by atoms with E-state index in [4.69, 9.17) is 4.74 Å². The standard InChI is InChI=1S/C21H23N3O2/c1-23(2)15-7-4-6-14(12-15)21(25)24-11-10-18-17(13-24)16-8-5-9-19(26-3)20(16)22-18/h4-9,12,22H,10-11,13H2,1-3H3. The van der Waals surface area contributed by atoms with Gasteiger partial charge in [0.25, 0.3) is 5.91 Å². The number of rotatable bonds is 3. The van der Waals surface area contributed by atoms with E-state index in [-0.39, 0.29) is 5.91 Å². The van der Waals surface area contributed by atoms with E-state index in [2.05, 4.69) is 11.1 Å². The number of carbonyl (C=O) groups excluding carboxylic acids is 1. The topological polar surface area (TPSA) is 48.6 Å². The third-order valence-corrected chi connectivity index (χ3v) is 5.09. The number of amides is 1. The number of aromatic amines is 1. The minimum absolute atomic E-state index is 0.0802. The zero-order valence-electron chi connectivity index (χ0n) is 15.4. The molecule has 0 bridgehead atoms. The summed E-state index contributed by atoms with van der Waals surface area (Å²) in [6.45, 7) is 1.33. The Balaban J connectivity index is 1.66. The van der Waals surface area contributed by atoms with Gasteiger partial charge in [-0.25, -0.2) is 0 Å². The highest BCUT2D eigenvalue weighted by molar-refractivity contribution is 5.96. The summed E-state index contributed by atoms with van der Waals surface area (Å²) < 4.78 is 5.47. The van der Waals surface area contributed by atoms with Crippen LogP contribution in [0, 0.1) is 0 Å². The Morgan fingerprint density at radius 2 is 2.00 bits per heavy atom. The number of carbonyl (C=O) groups is 1. The number of aromatic nitrogens is 1. The molecule has 3 aromatic rings. The number of fused-ring (bicyclic) bond motifs is 3. The molecule has 5 nitrogen and oxygen atoms in total. The molecular weight excluding hydrogens is 326 g/mol. The molecule has 1 amide bonds. The molecule has 0 fully saturated rings. The van der Waals surface area contributed by atoms with Gasteiger partial charge < -0.3 is 19.5 Å². The van der Waals surface area contributed by atoms with Gasteiger partial charge in [-0.05, 0) is 24.3 Å². The average Bonchev–Trinajstić information content (AvgIpc) is 3.05. The van der Waals surface area contributed by atoms with Crippen molar-refractivity contribution in [3.8, 4) is 5.75 Å².